The van der Waals surface area contributed by atoms with Crippen molar-refractivity contribution >= 4 is 5.91 Å². The quantitative estimate of drug-likeness (QED) is 0.795. The van der Waals surface area contributed by atoms with Gasteiger partial charge < -0.3 is 11.1 Å². The summed E-state index contributed by atoms with van der Waals surface area (Å²) in [6, 6.07) is 6.07. The van der Waals surface area contributed by atoms with E-state index in [2.05, 4.69) is 12.2 Å². The molecule has 1 amide bonds. The fourth-order valence-electron chi connectivity index (χ4n) is 2.07. The molecule has 1 unspecified atom stereocenters. The van der Waals surface area contributed by atoms with Gasteiger partial charge in [0.1, 0.15) is 0 Å². The molecule has 0 bridgehead atoms. The highest BCUT2D eigenvalue weighted by atomic mass is 16.1. The van der Waals surface area contributed by atoms with Gasteiger partial charge in [-0.2, -0.15) is 0 Å². The van der Waals surface area contributed by atoms with Gasteiger partial charge in [-0.1, -0.05) is 19.1 Å². The number of hydrogen-bond acceptors (Lipinski definition) is 2. The Balaban J connectivity index is 2.39. The van der Waals surface area contributed by atoms with Crippen LogP contribution in [-0.4, -0.2) is 12.5 Å². The minimum Gasteiger partial charge on any atom is -0.352 e. The average Bonchev–Trinajstić information content (AvgIpc) is 2.50. The first-order chi connectivity index (χ1) is 7.72. The Hall–Kier alpha value is -1.35. The van der Waals surface area contributed by atoms with Crippen LogP contribution in [-0.2, 0) is 6.42 Å². The number of carbonyl (C=O) groups is 1. The van der Waals surface area contributed by atoms with Gasteiger partial charge >= 0.3 is 0 Å². The van der Waals surface area contributed by atoms with Crippen LogP contribution in [0.15, 0.2) is 18.2 Å². The topological polar surface area (TPSA) is 55.1 Å². The second kappa shape index (κ2) is 4.66. The lowest BCUT2D eigenvalue weighted by molar-refractivity contribution is 0.0956. The molecule has 3 N–H and O–H groups in total. The molecule has 16 heavy (non-hydrogen) atoms. The summed E-state index contributed by atoms with van der Waals surface area (Å²) in [7, 11) is 0. The van der Waals surface area contributed by atoms with Crippen LogP contribution in [0.4, 0.5) is 0 Å². The first-order valence-electron chi connectivity index (χ1n) is 5.89. The summed E-state index contributed by atoms with van der Waals surface area (Å²) in [5, 5.41) is 2.91. The minimum absolute atomic E-state index is 0.0290. The number of carbonyl (C=O) groups excluding carboxylic acids is 1. The maximum atomic E-state index is 11.8. The van der Waals surface area contributed by atoms with Crippen LogP contribution >= 0.6 is 0 Å². The third-order valence-electron chi connectivity index (χ3n) is 3.15. The highest BCUT2D eigenvalue weighted by Gasteiger charge is 2.16. The predicted octanol–water partition coefficient (Wildman–Crippen LogP) is 1.77. The van der Waals surface area contributed by atoms with E-state index < -0.39 is 0 Å². The second-order valence-corrected chi connectivity index (χ2v) is 4.29. The van der Waals surface area contributed by atoms with Crippen molar-refractivity contribution in [2.24, 2.45) is 5.73 Å². The molecule has 3 heteroatoms. The van der Waals surface area contributed by atoms with E-state index in [0.717, 1.165) is 42.5 Å². The molecule has 0 radical (unpaired) electrons. The number of nitrogens with two attached hydrogens (primary N) is 1. The first-order valence-corrected chi connectivity index (χ1v) is 5.89. The molecule has 0 aliphatic carbocycles. The lowest BCUT2D eigenvalue weighted by Gasteiger charge is -2.12. The van der Waals surface area contributed by atoms with Crippen molar-refractivity contribution in [1.29, 1.82) is 0 Å². The Bertz CT molecular complexity index is 401. The maximum absolute atomic E-state index is 11.8. The molecule has 1 heterocycles. The van der Waals surface area contributed by atoms with E-state index in [-0.39, 0.29) is 11.9 Å². The third-order valence-corrected chi connectivity index (χ3v) is 3.15. The van der Waals surface area contributed by atoms with Crippen LogP contribution in [0.1, 0.15) is 47.3 Å². The lowest BCUT2D eigenvalue weighted by Crippen LogP contribution is -2.23. The smallest absolute Gasteiger partial charge is 0.251 e. The largest absolute Gasteiger partial charge is 0.352 e. The normalized spacial score (nSPS) is 17.2. The van der Waals surface area contributed by atoms with E-state index in [1.165, 1.54) is 0 Å². The summed E-state index contributed by atoms with van der Waals surface area (Å²) < 4.78 is 0. The molecule has 0 saturated carbocycles. The Kier molecular flexibility index (Phi) is 3.25. The fourth-order valence-corrected chi connectivity index (χ4v) is 2.07. The molecule has 0 saturated heterocycles. The van der Waals surface area contributed by atoms with E-state index in [1.54, 1.807) is 0 Å². The standard InChI is InChI=1S/C13H18N2O/c1-2-12(14)10-6-5-9-4-3-7-15-13(16)11(9)8-10/h5-6,8,12H,2-4,7,14H2,1H3,(H,15,16). The van der Waals surface area contributed by atoms with Gasteiger partial charge in [-0.05, 0) is 36.5 Å². The number of amides is 1. The summed E-state index contributed by atoms with van der Waals surface area (Å²) in [6.45, 7) is 2.82. The number of rotatable bonds is 2. The Morgan fingerprint density at radius 1 is 1.50 bits per heavy atom. The molecule has 1 aliphatic heterocycles. The van der Waals surface area contributed by atoms with E-state index >= 15 is 0 Å². The van der Waals surface area contributed by atoms with Crippen molar-refractivity contribution < 1.29 is 4.79 Å². The zero-order chi connectivity index (χ0) is 11.5. The zero-order valence-corrected chi connectivity index (χ0v) is 9.62. The van der Waals surface area contributed by atoms with Crippen LogP contribution in [0.5, 0.6) is 0 Å². The fraction of sp³-hybridized carbons (Fsp3) is 0.462. The van der Waals surface area contributed by atoms with Gasteiger partial charge in [0.05, 0.1) is 0 Å². The van der Waals surface area contributed by atoms with Crippen LogP contribution in [0.25, 0.3) is 0 Å². The van der Waals surface area contributed by atoms with Gasteiger partial charge in [0, 0.05) is 18.2 Å². The number of aryl methyl sites for hydroxylation is 1. The number of benzene rings is 1. The van der Waals surface area contributed by atoms with Gasteiger partial charge in [0.25, 0.3) is 5.91 Å². The first kappa shape index (κ1) is 11.1. The second-order valence-electron chi connectivity index (χ2n) is 4.29. The molecule has 1 aromatic rings. The van der Waals surface area contributed by atoms with Gasteiger partial charge in [-0.3, -0.25) is 4.79 Å². The number of fused-ring (bicyclic) bond motifs is 1. The summed E-state index contributed by atoms with van der Waals surface area (Å²) in [5.74, 6) is 0.0395. The van der Waals surface area contributed by atoms with Crippen molar-refractivity contribution in [2.75, 3.05) is 6.54 Å². The Labute approximate surface area is 96.0 Å². The molecule has 86 valence electrons. The molecule has 1 atom stereocenters. The number of hydrogen-bond donors (Lipinski definition) is 2. The van der Waals surface area contributed by atoms with Gasteiger partial charge in [-0.15, -0.1) is 0 Å². The van der Waals surface area contributed by atoms with Crippen LogP contribution in [0.2, 0.25) is 0 Å². The van der Waals surface area contributed by atoms with Gasteiger partial charge in [-0.25, -0.2) is 0 Å². The SMILES string of the molecule is CCC(N)c1ccc2c(c1)C(=O)NCCC2. The monoisotopic (exact) mass is 218 g/mol. The number of nitrogens with one attached hydrogen (secondary N) is 1. The molecule has 2 rings (SSSR count). The Morgan fingerprint density at radius 3 is 3.06 bits per heavy atom. The molecular formula is C13H18N2O. The summed E-state index contributed by atoms with van der Waals surface area (Å²) in [4.78, 5) is 11.8. The lowest BCUT2D eigenvalue weighted by atomic mass is 9.97. The summed E-state index contributed by atoms with van der Waals surface area (Å²) in [5.41, 5.74) is 8.98. The van der Waals surface area contributed by atoms with Crippen molar-refractivity contribution in [3.63, 3.8) is 0 Å². The molecule has 3 nitrogen and oxygen atoms in total. The summed E-state index contributed by atoms with van der Waals surface area (Å²) in [6.07, 6.45) is 2.87. The molecule has 0 fully saturated rings. The van der Waals surface area contributed by atoms with E-state index in [1.807, 2.05) is 18.2 Å². The van der Waals surface area contributed by atoms with Crippen LogP contribution in [0.3, 0.4) is 0 Å². The van der Waals surface area contributed by atoms with Crippen molar-refractivity contribution in [3.8, 4) is 0 Å². The molecule has 1 aromatic carbocycles. The third kappa shape index (κ3) is 2.09. The average molecular weight is 218 g/mol. The molecule has 0 aromatic heterocycles. The van der Waals surface area contributed by atoms with E-state index in [9.17, 15) is 4.79 Å². The van der Waals surface area contributed by atoms with Crippen molar-refractivity contribution in [1.82, 2.24) is 5.32 Å². The van der Waals surface area contributed by atoms with Gasteiger partial charge in [0.2, 0.25) is 0 Å². The highest BCUT2D eigenvalue weighted by molar-refractivity contribution is 5.96. The van der Waals surface area contributed by atoms with Crippen molar-refractivity contribution in [2.45, 2.75) is 32.2 Å². The Morgan fingerprint density at radius 2 is 2.31 bits per heavy atom. The minimum atomic E-state index is 0.0290. The van der Waals surface area contributed by atoms with Crippen LogP contribution < -0.4 is 11.1 Å². The zero-order valence-electron chi connectivity index (χ0n) is 9.62. The highest BCUT2D eigenvalue weighted by Crippen LogP contribution is 2.21. The van der Waals surface area contributed by atoms with E-state index in [0.29, 0.717) is 0 Å². The predicted molar refractivity (Wildman–Crippen MR) is 64.3 cm³/mol. The molecule has 1 aliphatic rings. The summed E-state index contributed by atoms with van der Waals surface area (Å²) >= 11 is 0. The maximum Gasteiger partial charge on any atom is 0.251 e. The molecular weight excluding hydrogens is 200 g/mol. The van der Waals surface area contributed by atoms with Crippen LogP contribution in [0, 0.1) is 0 Å². The van der Waals surface area contributed by atoms with Crippen molar-refractivity contribution in [3.05, 3.63) is 34.9 Å². The van der Waals surface area contributed by atoms with Gasteiger partial charge in [0.15, 0.2) is 0 Å². The van der Waals surface area contributed by atoms with E-state index in [4.69, 9.17) is 5.73 Å². The molecule has 0 spiro atoms.